The molecule has 6 heteroatoms. The Hall–Kier alpha value is -2.94. The van der Waals surface area contributed by atoms with Gasteiger partial charge in [-0.25, -0.2) is 13.9 Å². The molecule has 1 aromatic carbocycles. The van der Waals surface area contributed by atoms with Crippen LogP contribution in [-0.4, -0.2) is 14.6 Å². The van der Waals surface area contributed by atoms with Gasteiger partial charge in [0, 0.05) is 23.9 Å². The largest absolute Gasteiger partial charge is 0.295 e. The van der Waals surface area contributed by atoms with Crippen LogP contribution in [0.3, 0.4) is 0 Å². The molecule has 5 nitrogen and oxygen atoms in total. The Kier molecular flexibility index (Phi) is 3.03. The van der Waals surface area contributed by atoms with Gasteiger partial charge in [0.05, 0.1) is 0 Å². The average Bonchev–Trinajstić information content (AvgIpc) is 2.88. The van der Waals surface area contributed by atoms with E-state index in [4.69, 9.17) is 5.26 Å². The number of nitrogens with zero attached hydrogens (tertiary/aromatic N) is 3. The summed E-state index contributed by atoms with van der Waals surface area (Å²) in [6.45, 7) is 1.73. The summed E-state index contributed by atoms with van der Waals surface area (Å²) < 4.78 is 14.2. The van der Waals surface area contributed by atoms with Gasteiger partial charge in [0.15, 0.2) is 5.65 Å². The zero-order chi connectivity index (χ0) is 15.0. The summed E-state index contributed by atoms with van der Waals surface area (Å²) in [6, 6.07) is 7.98. The Morgan fingerprint density at radius 2 is 2.10 bits per heavy atom. The Morgan fingerprint density at radius 3 is 2.76 bits per heavy atom. The standard InChI is InChI=1S/C15H11FN4O/c1-9-13(6-10-2-4-12(16)5-3-10)15(21)20-14(19-9)11(7-17)8-18-20/h2-5,8,18H,6H2,1H3. The van der Waals surface area contributed by atoms with Crippen molar-refractivity contribution >= 4 is 5.65 Å². The van der Waals surface area contributed by atoms with Crippen LogP contribution < -0.4 is 5.56 Å². The second kappa shape index (κ2) is 4.87. The first kappa shape index (κ1) is 13.1. The fourth-order valence-corrected chi connectivity index (χ4v) is 2.25. The molecule has 1 N–H and O–H groups in total. The predicted molar refractivity (Wildman–Crippen MR) is 74.5 cm³/mol. The third-order valence-electron chi connectivity index (χ3n) is 3.38. The zero-order valence-electron chi connectivity index (χ0n) is 11.2. The van der Waals surface area contributed by atoms with Crippen molar-refractivity contribution in [2.75, 3.05) is 0 Å². The topological polar surface area (TPSA) is 73.9 Å². The lowest BCUT2D eigenvalue weighted by atomic mass is 10.1. The summed E-state index contributed by atoms with van der Waals surface area (Å²) in [6.07, 6.45) is 1.81. The fraction of sp³-hybridized carbons (Fsp3) is 0.133. The molecule has 3 rings (SSSR count). The number of rotatable bonds is 2. The van der Waals surface area contributed by atoms with Crippen LogP contribution in [0, 0.1) is 24.1 Å². The summed E-state index contributed by atoms with van der Waals surface area (Å²) >= 11 is 0. The van der Waals surface area contributed by atoms with Crippen LogP contribution in [0.15, 0.2) is 35.3 Å². The molecular weight excluding hydrogens is 271 g/mol. The smallest absolute Gasteiger partial charge is 0.276 e. The van der Waals surface area contributed by atoms with Gasteiger partial charge in [-0.3, -0.25) is 9.89 Å². The number of fused-ring (bicyclic) bond motifs is 1. The number of halogens is 1. The van der Waals surface area contributed by atoms with Gasteiger partial charge in [0.1, 0.15) is 17.4 Å². The van der Waals surface area contributed by atoms with Crippen molar-refractivity contribution in [1.29, 1.82) is 5.26 Å². The molecule has 0 aliphatic heterocycles. The number of nitriles is 1. The van der Waals surface area contributed by atoms with Crippen molar-refractivity contribution in [2.24, 2.45) is 0 Å². The first-order valence-corrected chi connectivity index (χ1v) is 6.34. The minimum Gasteiger partial charge on any atom is -0.295 e. The Balaban J connectivity index is 2.13. The number of aryl methyl sites for hydroxylation is 1. The third kappa shape index (κ3) is 2.19. The van der Waals surface area contributed by atoms with Gasteiger partial charge in [-0.15, -0.1) is 0 Å². The van der Waals surface area contributed by atoms with E-state index < -0.39 is 0 Å². The summed E-state index contributed by atoms with van der Waals surface area (Å²) in [7, 11) is 0. The van der Waals surface area contributed by atoms with Gasteiger partial charge < -0.3 is 0 Å². The van der Waals surface area contributed by atoms with Crippen LogP contribution in [0.4, 0.5) is 4.39 Å². The minimum absolute atomic E-state index is 0.247. The van der Waals surface area contributed by atoms with Crippen LogP contribution in [0.2, 0.25) is 0 Å². The van der Waals surface area contributed by atoms with E-state index in [1.807, 2.05) is 6.07 Å². The number of nitrogens with one attached hydrogen (secondary N) is 1. The number of benzene rings is 1. The lowest BCUT2D eigenvalue weighted by Crippen LogP contribution is -2.22. The first-order valence-electron chi connectivity index (χ1n) is 6.34. The number of aromatic amines is 1. The molecular formula is C15H11FN4O. The number of hydrogen-bond acceptors (Lipinski definition) is 3. The maximum Gasteiger partial charge on any atom is 0.276 e. The molecule has 0 spiro atoms. The van der Waals surface area contributed by atoms with Crippen molar-refractivity contribution in [3.63, 3.8) is 0 Å². The van der Waals surface area contributed by atoms with E-state index in [2.05, 4.69) is 10.1 Å². The summed E-state index contributed by atoms with van der Waals surface area (Å²) in [5, 5.41) is 11.7. The maximum absolute atomic E-state index is 12.9. The SMILES string of the molecule is Cc1nc2c(C#N)c[nH]n2c(=O)c1Cc1ccc(F)cc1. The Labute approximate surface area is 119 Å². The van der Waals surface area contributed by atoms with E-state index in [0.717, 1.165) is 5.56 Å². The quantitative estimate of drug-likeness (QED) is 0.780. The van der Waals surface area contributed by atoms with Crippen LogP contribution in [0.1, 0.15) is 22.4 Å². The molecule has 104 valence electrons. The molecule has 0 aliphatic rings. The molecule has 2 heterocycles. The monoisotopic (exact) mass is 282 g/mol. The van der Waals surface area contributed by atoms with E-state index in [-0.39, 0.29) is 11.4 Å². The van der Waals surface area contributed by atoms with Crippen molar-refractivity contribution in [3.05, 3.63) is 69.0 Å². The van der Waals surface area contributed by atoms with E-state index >= 15 is 0 Å². The average molecular weight is 282 g/mol. The van der Waals surface area contributed by atoms with Gasteiger partial charge in [-0.05, 0) is 24.6 Å². The summed E-state index contributed by atoms with van der Waals surface area (Å²) in [5.74, 6) is -0.316. The summed E-state index contributed by atoms with van der Waals surface area (Å²) in [5.41, 5.74) is 2.31. The normalized spacial score (nSPS) is 10.7. The molecule has 0 aliphatic carbocycles. The van der Waals surface area contributed by atoms with Crippen molar-refractivity contribution < 1.29 is 4.39 Å². The third-order valence-corrected chi connectivity index (χ3v) is 3.38. The molecule has 0 atom stereocenters. The molecule has 0 fully saturated rings. The lowest BCUT2D eigenvalue weighted by Gasteiger charge is -2.06. The number of hydrogen-bond donors (Lipinski definition) is 1. The molecule has 21 heavy (non-hydrogen) atoms. The van der Waals surface area contributed by atoms with Crippen LogP contribution in [0.5, 0.6) is 0 Å². The van der Waals surface area contributed by atoms with Crippen molar-refractivity contribution in [3.8, 4) is 6.07 Å². The Bertz CT molecular complexity index is 916. The highest BCUT2D eigenvalue weighted by Gasteiger charge is 2.14. The highest BCUT2D eigenvalue weighted by atomic mass is 19.1. The molecule has 0 radical (unpaired) electrons. The molecule has 0 saturated heterocycles. The van der Waals surface area contributed by atoms with Gasteiger partial charge >= 0.3 is 0 Å². The van der Waals surface area contributed by atoms with Crippen LogP contribution in [0.25, 0.3) is 5.65 Å². The molecule has 0 unspecified atom stereocenters. The minimum atomic E-state index is -0.316. The highest BCUT2D eigenvalue weighted by molar-refractivity contribution is 5.54. The van der Waals surface area contributed by atoms with Gasteiger partial charge in [-0.2, -0.15) is 5.26 Å². The van der Waals surface area contributed by atoms with E-state index in [1.165, 1.54) is 22.8 Å². The first-order chi connectivity index (χ1) is 10.1. The highest BCUT2D eigenvalue weighted by Crippen LogP contribution is 2.12. The van der Waals surface area contributed by atoms with Crippen molar-refractivity contribution in [1.82, 2.24) is 14.6 Å². The lowest BCUT2D eigenvalue weighted by molar-refractivity contribution is 0.627. The van der Waals surface area contributed by atoms with Crippen LogP contribution >= 0.6 is 0 Å². The Morgan fingerprint density at radius 1 is 1.38 bits per heavy atom. The zero-order valence-corrected chi connectivity index (χ0v) is 11.2. The maximum atomic E-state index is 12.9. The molecule has 3 aromatic rings. The molecule has 2 aromatic heterocycles. The molecule has 0 saturated carbocycles. The number of aromatic nitrogens is 3. The molecule has 0 amide bonds. The van der Waals surface area contributed by atoms with E-state index in [0.29, 0.717) is 28.9 Å². The van der Waals surface area contributed by atoms with E-state index in [1.54, 1.807) is 19.1 Å². The van der Waals surface area contributed by atoms with Gasteiger partial charge in [0.2, 0.25) is 0 Å². The fourth-order valence-electron chi connectivity index (χ4n) is 2.25. The van der Waals surface area contributed by atoms with Crippen molar-refractivity contribution in [2.45, 2.75) is 13.3 Å². The second-order valence-corrected chi connectivity index (χ2v) is 4.74. The van der Waals surface area contributed by atoms with Gasteiger partial charge in [-0.1, -0.05) is 12.1 Å². The summed E-state index contributed by atoms with van der Waals surface area (Å²) in [4.78, 5) is 16.8. The molecule has 0 bridgehead atoms. The number of H-pyrrole nitrogens is 1. The van der Waals surface area contributed by atoms with Crippen LogP contribution in [-0.2, 0) is 6.42 Å². The van der Waals surface area contributed by atoms with E-state index in [9.17, 15) is 9.18 Å². The predicted octanol–water partition coefficient (Wildman–Crippen LogP) is 1.93. The van der Waals surface area contributed by atoms with Gasteiger partial charge in [0.25, 0.3) is 5.56 Å². The second-order valence-electron chi connectivity index (χ2n) is 4.74.